The fourth-order valence-electron chi connectivity index (χ4n) is 2.12. The van der Waals surface area contributed by atoms with Crippen molar-refractivity contribution < 1.29 is 4.42 Å². The molecule has 0 unspecified atom stereocenters. The Balaban J connectivity index is 2.49. The molecule has 2 aromatic heterocycles. The van der Waals surface area contributed by atoms with Crippen LogP contribution in [0.1, 0.15) is 25.3 Å². The number of rotatable bonds is 1. The molecule has 0 amide bonds. The van der Waals surface area contributed by atoms with Crippen LogP contribution in [0.5, 0.6) is 0 Å². The third kappa shape index (κ3) is 1.23. The number of hydrogen-bond acceptors (Lipinski definition) is 2. The second kappa shape index (κ2) is 3.34. The van der Waals surface area contributed by atoms with E-state index in [9.17, 15) is 0 Å². The van der Waals surface area contributed by atoms with Crippen molar-refractivity contribution in [2.45, 2.75) is 19.8 Å². The summed E-state index contributed by atoms with van der Waals surface area (Å²) in [7, 11) is 0. The quantitative estimate of drug-likeness (QED) is 0.605. The van der Waals surface area contributed by atoms with Crippen molar-refractivity contribution in [1.82, 2.24) is 4.98 Å². The average molecular weight is 211 g/mol. The van der Waals surface area contributed by atoms with E-state index in [2.05, 4.69) is 37.0 Å². The van der Waals surface area contributed by atoms with Crippen LogP contribution < -0.4 is 0 Å². The van der Waals surface area contributed by atoms with Gasteiger partial charge in [0.25, 0.3) is 0 Å². The first kappa shape index (κ1) is 9.40. The van der Waals surface area contributed by atoms with Gasteiger partial charge in [0, 0.05) is 23.2 Å². The van der Waals surface area contributed by atoms with Gasteiger partial charge in [-0.2, -0.15) is 0 Å². The van der Waals surface area contributed by atoms with Crippen LogP contribution in [0.25, 0.3) is 21.9 Å². The lowest BCUT2D eigenvalue weighted by Crippen LogP contribution is -1.86. The van der Waals surface area contributed by atoms with Gasteiger partial charge in [-0.15, -0.1) is 0 Å². The molecule has 0 bridgehead atoms. The van der Waals surface area contributed by atoms with E-state index in [-0.39, 0.29) is 0 Å². The van der Waals surface area contributed by atoms with Gasteiger partial charge in [0.15, 0.2) is 0 Å². The van der Waals surface area contributed by atoms with Crippen LogP contribution in [0.2, 0.25) is 0 Å². The SMILES string of the molecule is CC(C)c1cccc2c1oc1ccncc12. The molecule has 0 atom stereocenters. The Morgan fingerprint density at radius 1 is 1.12 bits per heavy atom. The number of benzene rings is 1. The van der Waals surface area contributed by atoms with Gasteiger partial charge in [0.05, 0.1) is 0 Å². The summed E-state index contributed by atoms with van der Waals surface area (Å²) in [6, 6.07) is 8.22. The number of aromatic nitrogens is 1. The molecule has 1 aromatic carbocycles. The fraction of sp³-hybridized carbons (Fsp3) is 0.214. The maximum Gasteiger partial charge on any atom is 0.138 e. The zero-order valence-electron chi connectivity index (χ0n) is 9.40. The highest BCUT2D eigenvalue weighted by molar-refractivity contribution is 6.05. The van der Waals surface area contributed by atoms with Crippen LogP contribution in [0, 0.1) is 0 Å². The maximum atomic E-state index is 5.90. The van der Waals surface area contributed by atoms with E-state index in [1.807, 2.05) is 12.3 Å². The minimum atomic E-state index is 0.470. The van der Waals surface area contributed by atoms with Gasteiger partial charge in [0.1, 0.15) is 11.2 Å². The minimum absolute atomic E-state index is 0.470. The molecule has 0 saturated heterocycles. The van der Waals surface area contributed by atoms with Gasteiger partial charge in [-0.25, -0.2) is 0 Å². The molecule has 0 radical (unpaired) electrons. The second-order valence-electron chi connectivity index (χ2n) is 4.35. The molecule has 0 aliphatic rings. The normalized spacial score (nSPS) is 11.7. The highest BCUT2D eigenvalue weighted by atomic mass is 16.3. The molecule has 0 aliphatic carbocycles. The first-order chi connectivity index (χ1) is 7.77. The summed E-state index contributed by atoms with van der Waals surface area (Å²) in [5.41, 5.74) is 3.17. The Bertz CT molecular complexity index is 652. The lowest BCUT2D eigenvalue weighted by atomic mass is 10.0. The van der Waals surface area contributed by atoms with Crippen LogP contribution in [-0.4, -0.2) is 4.98 Å². The molecule has 0 fully saturated rings. The predicted octanol–water partition coefficient (Wildman–Crippen LogP) is 4.10. The molecule has 2 heteroatoms. The van der Waals surface area contributed by atoms with Gasteiger partial charge >= 0.3 is 0 Å². The number of nitrogens with zero attached hydrogens (tertiary/aromatic N) is 1. The number of para-hydroxylation sites is 1. The number of fused-ring (bicyclic) bond motifs is 3. The monoisotopic (exact) mass is 211 g/mol. The van der Waals surface area contributed by atoms with Gasteiger partial charge in [-0.1, -0.05) is 32.0 Å². The summed E-state index contributed by atoms with van der Waals surface area (Å²) >= 11 is 0. The van der Waals surface area contributed by atoms with Gasteiger partial charge < -0.3 is 4.42 Å². The smallest absolute Gasteiger partial charge is 0.138 e. The third-order valence-corrected chi connectivity index (χ3v) is 2.95. The Morgan fingerprint density at radius 2 is 2.00 bits per heavy atom. The van der Waals surface area contributed by atoms with Crippen LogP contribution in [0.15, 0.2) is 41.1 Å². The highest BCUT2D eigenvalue weighted by Crippen LogP contribution is 2.32. The lowest BCUT2D eigenvalue weighted by molar-refractivity contribution is 0.656. The van der Waals surface area contributed by atoms with Crippen LogP contribution >= 0.6 is 0 Å². The summed E-state index contributed by atoms with van der Waals surface area (Å²) in [6.45, 7) is 4.36. The molecule has 0 N–H and O–H groups in total. The molecule has 16 heavy (non-hydrogen) atoms. The Labute approximate surface area is 93.9 Å². The molecule has 80 valence electrons. The van der Waals surface area contributed by atoms with Crippen molar-refractivity contribution in [3.8, 4) is 0 Å². The molecule has 0 aliphatic heterocycles. The molecule has 0 spiro atoms. The molecule has 2 nitrogen and oxygen atoms in total. The molecular weight excluding hydrogens is 198 g/mol. The standard InChI is InChI=1S/C14H13NO/c1-9(2)10-4-3-5-11-12-8-15-7-6-13(12)16-14(10)11/h3-9H,1-2H3. The molecule has 2 heterocycles. The van der Waals surface area contributed by atoms with Crippen LogP contribution in [0.4, 0.5) is 0 Å². The van der Waals surface area contributed by atoms with Crippen molar-refractivity contribution in [3.63, 3.8) is 0 Å². The summed E-state index contributed by atoms with van der Waals surface area (Å²) in [4.78, 5) is 4.15. The van der Waals surface area contributed by atoms with Crippen molar-refractivity contribution in [3.05, 3.63) is 42.2 Å². The molecule has 0 saturated carbocycles. The third-order valence-electron chi connectivity index (χ3n) is 2.95. The van der Waals surface area contributed by atoms with E-state index in [1.54, 1.807) is 6.20 Å². The predicted molar refractivity (Wildman–Crippen MR) is 65.6 cm³/mol. The number of hydrogen-bond donors (Lipinski definition) is 0. The Hall–Kier alpha value is -1.83. The Kier molecular flexibility index (Phi) is 1.96. The van der Waals surface area contributed by atoms with Gasteiger partial charge in [-0.3, -0.25) is 4.98 Å². The first-order valence-electron chi connectivity index (χ1n) is 5.52. The largest absolute Gasteiger partial charge is 0.456 e. The Morgan fingerprint density at radius 3 is 2.81 bits per heavy atom. The maximum absolute atomic E-state index is 5.90. The van der Waals surface area contributed by atoms with E-state index in [1.165, 1.54) is 5.56 Å². The van der Waals surface area contributed by atoms with E-state index < -0.39 is 0 Å². The summed E-state index contributed by atoms with van der Waals surface area (Å²) in [6.07, 6.45) is 3.63. The first-order valence-corrected chi connectivity index (χ1v) is 5.52. The minimum Gasteiger partial charge on any atom is -0.456 e. The topological polar surface area (TPSA) is 26.0 Å². The molecule has 3 rings (SSSR count). The van der Waals surface area contributed by atoms with Crippen molar-refractivity contribution in [1.29, 1.82) is 0 Å². The van der Waals surface area contributed by atoms with Gasteiger partial charge in [0.2, 0.25) is 0 Å². The van der Waals surface area contributed by atoms with E-state index >= 15 is 0 Å². The van der Waals surface area contributed by atoms with E-state index in [0.29, 0.717) is 5.92 Å². The van der Waals surface area contributed by atoms with Crippen LogP contribution in [0.3, 0.4) is 0 Å². The zero-order chi connectivity index (χ0) is 11.1. The van der Waals surface area contributed by atoms with E-state index in [0.717, 1.165) is 21.9 Å². The van der Waals surface area contributed by atoms with Crippen molar-refractivity contribution >= 4 is 21.9 Å². The van der Waals surface area contributed by atoms with E-state index in [4.69, 9.17) is 4.42 Å². The summed E-state index contributed by atoms with van der Waals surface area (Å²) in [5, 5.41) is 2.26. The zero-order valence-corrected chi connectivity index (χ0v) is 9.40. The lowest BCUT2D eigenvalue weighted by Gasteiger charge is -2.04. The average Bonchev–Trinajstić information content (AvgIpc) is 2.67. The molecular formula is C14H13NO. The fourth-order valence-corrected chi connectivity index (χ4v) is 2.12. The number of pyridine rings is 1. The van der Waals surface area contributed by atoms with Crippen molar-refractivity contribution in [2.24, 2.45) is 0 Å². The molecule has 3 aromatic rings. The summed E-state index contributed by atoms with van der Waals surface area (Å²) in [5.74, 6) is 0.470. The van der Waals surface area contributed by atoms with Crippen molar-refractivity contribution in [2.75, 3.05) is 0 Å². The number of furan rings is 1. The van der Waals surface area contributed by atoms with Crippen LogP contribution in [-0.2, 0) is 0 Å². The highest BCUT2D eigenvalue weighted by Gasteiger charge is 2.11. The summed E-state index contributed by atoms with van der Waals surface area (Å²) < 4.78 is 5.90. The second-order valence-corrected chi connectivity index (χ2v) is 4.35. The van der Waals surface area contributed by atoms with Gasteiger partial charge in [-0.05, 0) is 17.5 Å².